The normalized spacial score (nSPS) is 17.9. The summed E-state index contributed by atoms with van der Waals surface area (Å²) >= 11 is 0. The quantitative estimate of drug-likeness (QED) is 0.737. The third-order valence-electron chi connectivity index (χ3n) is 3.63. The second-order valence-corrected chi connectivity index (χ2v) is 5.02. The highest BCUT2D eigenvalue weighted by molar-refractivity contribution is 5.70. The van der Waals surface area contributed by atoms with Gasteiger partial charge in [-0.3, -0.25) is 4.90 Å². The predicted molar refractivity (Wildman–Crippen MR) is 76.9 cm³/mol. The third kappa shape index (κ3) is 2.16. The minimum absolute atomic E-state index is 0.117. The molecule has 7 nitrogen and oxygen atoms in total. The van der Waals surface area contributed by atoms with Crippen molar-refractivity contribution < 1.29 is 9.53 Å². The third-order valence-corrected chi connectivity index (χ3v) is 3.63. The first-order valence-corrected chi connectivity index (χ1v) is 6.96. The molecule has 1 fully saturated rings. The molecule has 7 heteroatoms. The van der Waals surface area contributed by atoms with Gasteiger partial charge in [0.05, 0.1) is 12.6 Å². The predicted octanol–water partition coefficient (Wildman–Crippen LogP) is 1.82. The Bertz CT molecular complexity index is 784. The van der Waals surface area contributed by atoms with Gasteiger partial charge in [0.2, 0.25) is 0 Å². The van der Waals surface area contributed by atoms with E-state index in [1.165, 1.54) is 0 Å². The molecule has 110 valence electrons. The van der Waals surface area contributed by atoms with Gasteiger partial charge in [-0.05, 0) is 11.6 Å². The maximum absolute atomic E-state index is 12.0. The highest BCUT2D eigenvalue weighted by atomic mass is 16.6. The standard InChI is InChI=1S/C15H13N5O2/c21-15-19(12(10-22-15)11-5-2-1-3-6-11)9-13-17-14-16-7-4-8-20(14)18-13/h1-8,12H,9-10H2/t12-/m1/s1. The van der Waals surface area contributed by atoms with Gasteiger partial charge in [0.25, 0.3) is 5.78 Å². The van der Waals surface area contributed by atoms with Crippen molar-refractivity contribution in [3.63, 3.8) is 0 Å². The van der Waals surface area contributed by atoms with Crippen molar-refractivity contribution in [2.75, 3.05) is 6.61 Å². The van der Waals surface area contributed by atoms with E-state index in [4.69, 9.17) is 4.74 Å². The highest BCUT2D eigenvalue weighted by Crippen LogP contribution is 2.28. The second-order valence-electron chi connectivity index (χ2n) is 5.02. The van der Waals surface area contributed by atoms with E-state index in [0.717, 1.165) is 5.56 Å². The van der Waals surface area contributed by atoms with Crippen LogP contribution in [0, 0.1) is 0 Å². The maximum atomic E-state index is 12.0. The number of amides is 1. The van der Waals surface area contributed by atoms with Crippen molar-refractivity contribution in [1.82, 2.24) is 24.5 Å². The fraction of sp³-hybridized carbons (Fsp3) is 0.200. The smallest absolute Gasteiger partial charge is 0.410 e. The highest BCUT2D eigenvalue weighted by Gasteiger charge is 2.34. The number of cyclic esters (lactones) is 1. The van der Waals surface area contributed by atoms with Crippen LogP contribution in [0.2, 0.25) is 0 Å². The molecule has 1 aliphatic rings. The van der Waals surface area contributed by atoms with Crippen molar-refractivity contribution in [2.24, 2.45) is 0 Å². The number of fused-ring (bicyclic) bond motifs is 1. The van der Waals surface area contributed by atoms with Gasteiger partial charge < -0.3 is 4.74 Å². The van der Waals surface area contributed by atoms with E-state index in [9.17, 15) is 4.79 Å². The molecule has 0 radical (unpaired) electrons. The van der Waals surface area contributed by atoms with Crippen LogP contribution >= 0.6 is 0 Å². The van der Waals surface area contributed by atoms with Gasteiger partial charge in [-0.1, -0.05) is 30.3 Å². The molecular formula is C15H13N5O2. The van der Waals surface area contributed by atoms with Crippen molar-refractivity contribution in [3.8, 4) is 0 Å². The minimum Gasteiger partial charge on any atom is -0.447 e. The molecule has 1 aliphatic heterocycles. The van der Waals surface area contributed by atoms with Crippen molar-refractivity contribution in [1.29, 1.82) is 0 Å². The summed E-state index contributed by atoms with van der Waals surface area (Å²) in [5, 5.41) is 4.33. The summed E-state index contributed by atoms with van der Waals surface area (Å²) in [4.78, 5) is 22.1. The molecular weight excluding hydrogens is 282 g/mol. The summed E-state index contributed by atoms with van der Waals surface area (Å²) in [6.07, 6.45) is 3.08. The van der Waals surface area contributed by atoms with Crippen LogP contribution in [0.5, 0.6) is 0 Å². The Balaban J connectivity index is 1.63. The average Bonchev–Trinajstić information content (AvgIpc) is 3.12. The van der Waals surface area contributed by atoms with E-state index in [1.54, 1.807) is 27.9 Å². The largest absolute Gasteiger partial charge is 0.447 e. The molecule has 0 bridgehead atoms. The Kier molecular flexibility index (Phi) is 2.96. The lowest BCUT2D eigenvalue weighted by Gasteiger charge is -2.20. The molecule has 0 spiro atoms. The van der Waals surface area contributed by atoms with Gasteiger partial charge >= 0.3 is 6.09 Å². The van der Waals surface area contributed by atoms with Crippen LogP contribution in [-0.4, -0.2) is 37.2 Å². The summed E-state index contributed by atoms with van der Waals surface area (Å²) in [6.45, 7) is 0.635. The Morgan fingerprint density at radius 1 is 1.23 bits per heavy atom. The van der Waals surface area contributed by atoms with Crippen molar-refractivity contribution >= 4 is 11.9 Å². The Morgan fingerprint density at radius 3 is 2.91 bits per heavy atom. The van der Waals surface area contributed by atoms with E-state index >= 15 is 0 Å². The van der Waals surface area contributed by atoms with Crippen LogP contribution in [0.1, 0.15) is 17.4 Å². The SMILES string of the molecule is O=C1OC[C@H](c2ccccc2)N1Cc1nc2ncccn2n1. The van der Waals surface area contributed by atoms with Crippen LogP contribution in [0.3, 0.4) is 0 Å². The second kappa shape index (κ2) is 5.10. The average molecular weight is 295 g/mol. The van der Waals surface area contributed by atoms with Crippen molar-refractivity contribution in [2.45, 2.75) is 12.6 Å². The monoisotopic (exact) mass is 295 g/mol. The Hall–Kier alpha value is -2.96. The van der Waals surface area contributed by atoms with Crippen LogP contribution in [0.4, 0.5) is 4.79 Å². The molecule has 2 aromatic heterocycles. The molecule has 0 saturated carbocycles. The number of carbonyl (C=O) groups excluding carboxylic acids is 1. The van der Waals surface area contributed by atoms with E-state index in [-0.39, 0.29) is 12.1 Å². The molecule has 1 saturated heterocycles. The molecule has 22 heavy (non-hydrogen) atoms. The Labute approximate surface area is 126 Å². The lowest BCUT2D eigenvalue weighted by atomic mass is 10.1. The van der Waals surface area contributed by atoms with E-state index in [0.29, 0.717) is 24.8 Å². The van der Waals surface area contributed by atoms with Crippen LogP contribution in [-0.2, 0) is 11.3 Å². The molecule has 1 amide bonds. The number of carbonyl (C=O) groups is 1. The van der Waals surface area contributed by atoms with Gasteiger partial charge in [-0.2, -0.15) is 4.98 Å². The summed E-state index contributed by atoms with van der Waals surface area (Å²) in [5.74, 6) is 1.06. The molecule has 3 heterocycles. The molecule has 0 aliphatic carbocycles. The molecule has 1 aromatic carbocycles. The first-order valence-electron chi connectivity index (χ1n) is 6.96. The Morgan fingerprint density at radius 2 is 2.09 bits per heavy atom. The number of hydrogen-bond donors (Lipinski definition) is 0. The van der Waals surface area contributed by atoms with Gasteiger partial charge in [-0.25, -0.2) is 14.3 Å². The number of ether oxygens (including phenoxy) is 1. The molecule has 3 aromatic rings. The zero-order valence-electron chi connectivity index (χ0n) is 11.7. The number of aromatic nitrogens is 4. The lowest BCUT2D eigenvalue weighted by Crippen LogP contribution is -2.27. The molecule has 0 N–H and O–H groups in total. The lowest BCUT2D eigenvalue weighted by molar-refractivity contribution is 0.155. The van der Waals surface area contributed by atoms with E-state index in [1.807, 2.05) is 30.3 Å². The maximum Gasteiger partial charge on any atom is 0.410 e. The minimum atomic E-state index is -0.347. The number of hydrogen-bond acceptors (Lipinski definition) is 5. The molecule has 4 rings (SSSR count). The van der Waals surface area contributed by atoms with Gasteiger partial charge in [0.1, 0.15) is 6.61 Å². The fourth-order valence-corrected chi connectivity index (χ4v) is 2.57. The van der Waals surface area contributed by atoms with E-state index in [2.05, 4.69) is 15.1 Å². The van der Waals surface area contributed by atoms with Crippen LogP contribution < -0.4 is 0 Å². The van der Waals surface area contributed by atoms with Crippen LogP contribution in [0.15, 0.2) is 48.8 Å². The zero-order valence-corrected chi connectivity index (χ0v) is 11.7. The first kappa shape index (κ1) is 12.8. The fourth-order valence-electron chi connectivity index (χ4n) is 2.57. The zero-order chi connectivity index (χ0) is 14.9. The number of nitrogens with zero attached hydrogens (tertiary/aromatic N) is 5. The molecule has 1 atom stereocenters. The van der Waals surface area contributed by atoms with Gasteiger partial charge in [0.15, 0.2) is 5.82 Å². The summed E-state index contributed by atoms with van der Waals surface area (Å²) in [6, 6.07) is 11.5. The number of benzene rings is 1. The first-order chi connectivity index (χ1) is 10.8. The van der Waals surface area contributed by atoms with Crippen molar-refractivity contribution in [3.05, 3.63) is 60.2 Å². The summed E-state index contributed by atoms with van der Waals surface area (Å²) < 4.78 is 6.78. The van der Waals surface area contributed by atoms with Gasteiger partial charge in [-0.15, -0.1) is 5.10 Å². The number of rotatable bonds is 3. The van der Waals surface area contributed by atoms with Gasteiger partial charge in [0, 0.05) is 12.4 Å². The summed E-state index contributed by atoms with van der Waals surface area (Å²) in [5.41, 5.74) is 1.04. The van der Waals surface area contributed by atoms with Crippen LogP contribution in [0.25, 0.3) is 5.78 Å². The summed E-state index contributed by atoms with van der Waals surface area (Å²) in [7, 11) is 0. The van der Waals surface area contributed by atoms with E-state index < -0.39 is 0 Å². The molecule has 0 unspecified atom stereocenters. The topological polar surface area (TPSA) is 72.6 Å².